The third-order valence-corrected chi connectivity index (χ3v) is 5.05. The number of anilines is 1. The van der Waals surface area contributed by atoms with Crippen LogP contribution in [0.5, 0.6) is 0 Å². The second kappa shape index (κ2) is 4.86. The molecule has 4 nitrogen and oxygen atoms in total. The summed E-state index contributed by atoms with van der Waals surface area (Å²) in [4.78, 5) is 25.8. The highest BCUT2D eigenvalue weighted by Gasteiger charge is 2.42. The Morgan fingerprint density at radius 1 is 1.33 bits per heavy atom. The topological polar surface area (TPSA) is 57.6 Å². The molecular formula is C17H21NO3. The molecule has 1 heterocycles. The van der Waals surface area contributed by atoms with Crippen molar-refractivity contribution < 1.29 is 14.7 Å². The van der Waals surface area contributed by atoms with Crippen LogP contribution in [0.25, 0.3) is 0 Å². The molecule has 1 N–H and O–H groups in total. The zero-order chi connectivity index (χ0) is 15.2. The number of aromatic carboxylic acids is 1. The number of benzene rings is 1. The molecule has 0 bridgehead atoms. The van der Waals surface area contributed by atoms with Gasteiger partial charge in [-0.25, -0.2) is 4.79 Å². The van der Waals surface area contributed by atoms with Crippen LogP contribution in [0.2, 0.25) is 0 Å². The van der Waals surface area contributed by atoms with E-state index in [0.29, 0.717) is 6.54 Å². The number of carbonyl (C=O) groups excluding carboxylic acids is 1. The standard InChI is InChI=1S/C17H21NO3/c1-17(2)8-3-4-13(17)15(19)18-9-7-11-5-6-12(16(20)21)10-14(11)18/h5-6,10,13H,3-4,7-9H2,1-2H3,(H,20,21). The molecule has 1 aliphatic carbocycles. The second-order valence-corrected chi connectivity index (χ2v) is 6.82. The summed E-state index contributed by atoms with van der Waals surface area (Å²) in [5.74, 6) is -0.728. The van der Waals surface area contributed by atoms with Crippen LogP contribution in [0.4, 0.5) is 5.69 Å². The first-order valence-electron chi connectivity index (χ1n) is 7.58. The van der Waals surface area contributed by atoms with Crippen LogP contribution >= 0.6 is 0 Å². The van der Waals surface area contributed by atoms with E-state index < -0.39 is 5.97 Å². The quantitative estimate of drug-likeness (QED) is 0.909. The molecule has 1 aliphatic heterocycles. The molecule has 1 aromatic carbocycles. The maximum absolute atomic E-state index is 12.9. The van der Waals surface area contributed by atoms with E-state index in [9.17, 15) is 9.59 Å². The molecule has 112 valence electrons. The molecule has 21 heavy (non-hydrogen) atoms. The highest BCUT2D eigenvalue weighted by atomic mass is 16.4. The number of rotatable bonds is 2. The second-order valence-electron chi connectivity index (χ2n) is 6.82. The van der Waals surface area contributed by atoms with E-state index in [1.54, 1.807) is 17.0 Å². The van der Waals surface area contributed by atoms with Gasteiger partial charge < -0.3 is 10.0 Å². The number of amides is 1. The lowest BCUT2D eigenvalue weighted by Crippen LogP contribution is -2.39. The third kappa shape index (κ3) is 2.33. The van der Waals surface area contributed by atoms with Crippen molar-refractivity contribution in [2.45, 2.75) is 39.5 Å². The Hall–Kier alpha value is -1.84. The number of carbonyl (C=O) groups is 2. The minimum Gasteiger partial charge on any atom is -0.478 e. The Balaban J connectivity index is 1.91. The number of fused-ring (bicyclic) bond motifs is 1. The molecule has 1 fully saturated rings. The van der Waals surface area contributed by atoms with Gasteiger partial charge >= 0.3 is 5.97 Å². The first kappa shape index (κ1) is 14.1. The summed E-state index contributed by atoms with van der Waals surface area (Å²) in [7, 11) is 0. The number of carboxylic acids is 1. The van der Waals surface area contributed by atoms with Gasteiger partial charge in [0.2, 0.25) is 5.91 Å². The molecule has 0 radical (unpaired) electrons. The van der Waals surface area contributed by atoms with Gasteiger partial charge in [0.1, 0.15) is 0 Å². The number of hydrogen-bond acceptors (Lipinski definition) is 2. The zero-order valence-electron chi connectivity index (χ0n) is 12.6. The van der Waals surface area contributed by atoms with E-state index in [1.165, 1.54) is 0 Å². The van der Waals surface area contributed by atoms with Gasteiger partial charge in [0, 0.05) is 18.2 Å². The van der Waals surface area contributed by atoms with Gasteiger partial charge in [-0.1, -0.05) is 26.3 Å². The van der Waals surface area contributed by atoms with E-state index in [-0.39, 0.29) is 22.8 Å². The summed E-state index contributed by atoms with van der Waals surface area (Å²) in [6, 6.07) is 5.10. The van der Waals surface area contributed by atoms with Crippen molar-refractivity contribution >= 4 is 17.6 Å². The van der Waals surface area contributed by atoms with Gasteiger partial charge in [-0.15, -0.1) is 0 Å². The van der Waals surface area contributed by atoms with Crippen molar-refractivity contribution in [1.82, 2.24) is 0 Å². The lowest BCUT2D eigenvalue weighted by molar-refractivity contribution is -0.124. The SMILES string of the molecule is CC1(C)CCCC1C(=O)N1CCc2ccc(C(=O)O)cc21. The monoisotopic (exact) mass is 287 g/mol. The van der Waals surface area contributed by atoms with Crippen LogP contribution in [0.3, 0.4) is 0 Å². The van der Waals surface area contributed by atoms with E-state index in [1.807, 2.05) is 6.07 Å². The first-order valence-corrected chi connectivity index (χ1v) is 7.58. The van der Waals surface area contributed by atoms with Crippen LogP contribution in [-0.2, 0) is 11.2 Å². The molecule has 0 spiro atoms. The van der Waals surface area contributed by atoms with Gasteiger partial charge in [0.25, 0.3) is 0 Å². The summed E-state index contributed by atoms with van der Waals surface area (Å²) < 4.78 is 0. The number of hydrogen-bond donors (Lipinski definition) is 1. The average Bonchev–Trinajstić information content (AvgIpc) is 3.00. The lowest BCUT2D eigenvalue weighted by atomic mass is 9.81. The van der Waals surface area contributed by atoms with E-state index in [0.717, 1.165) is 36.9 Å². The maximum Gasteiger partial charge on any atom is 0.335 e. The minimum atomic E-state index is -0.946. The average molecular weight is 287 g/mol. The number of nitrogens with zero attached hydrogens (tertiary/aromatic N) is 1. The molecule has 1 unspecified atom stereocenters. The molecule has 1 saturated carbocycles. The lowest BCUT2D eigenvalue weighted by Gasteiger charge is -2.30. The van der Waals surface area contributed by atoms with Gasteiger partial charge in [-0.2, -0.15) is 0 Å². The highest BCUT2D eigenvalue weighted by molar-refractivity contribution is 5.99. The molecule has 0 saturated heterocycles. The van der Waals surface area contributed by atoms with Crippen LogP contribution < -0.4 is 4.90 Å². The molecule has 3 rings (SSSR count). The van der Waals surface area contributed by atoms with Crippen LogP contribution in [-0.4, -0.2) is 23.5 Å². The van der Waals surface area contributed by atoms with Crippen molar-refractivity contribution in [2.24, 2.45) is 11.3 Å². The van der Waals surface area contributed by atoms with Gasteiger partial charge in [0.05, 0.1) is 5.56 Å². The maximum atomic E-state index is 12.9. The molecule has 2 aliphatic rings. The molecule has 1 atom stereocenters. The van der Waals surface area contributed by atoms with Crippen LogP contribution in [0.1, 0.15) is 49.0 Å². The normalized spacial score (nSPS) is 23.1. The fourth-order valence-corrected chi connectivity index (χ4v) is 3.71. The van der Waals surface area contributed by atoms with Crippen molar-refractivity contribution in [2.75, 3.05) is 11.4 Å². The van der Waals surface area contributed by atoms with Gasteiger partial charge in [-0.3, -0.25) is 4.79 Å². The molecule has 1 amide bonds. The smallest absolute Gasteiger partial charge is 0.335 e. The van der Waals surface area contributed by atoms with Crippen LogP contribution in [0, 0.1) is 11.3 Å². The third-order valence-electron chi connectivity index (χ3n) is 5.05. The van der Waals surface area contributed by atoms with Crippen LogP contribution in [0.15, 0.2) is 18.2 Å². The molecular weight excluding hydrogens is 266 g/mol. The predicted molar refractivity (Wildman–Crippen MR) is 80.6 cm³/mol. The fourth-order valence-electron chi connectivity index (χ4n) is 3.71. The summed E-state index contributed by atoms with van der Waals surface area (Å²) in [6.07, 6.45) is 3.93. The van der Waals surface area contributed by atoms with E-state index in [4.69, 9.17) is 5.11 Å². The summed E-state index contributed by atoms with van der Waals surface area (Å²) in [6.45, 7) is 4.99. The first-order chi connectivity index (χ1) is 9.90. The Labute approximate surface area is 124 Å². The van der Waals surface area contributed by atoms with Gasteiger partial charge in [-0.05, 0) is 42.4 Å². The highest BCUT2D eigenvalue weighted by Crippen LogP contribution is 2.44. The van der Waals surface area contributed by atoms with Crippen molar-refractivity contribution in [3.8, 4) is 0 Å². The Bertz CT molecular complexity index is 606. The largest absolute Gasteiger partial charge is 0.478 e. The van der Waals surface area contributed by atoms with Crippen molar-refractivity contribution in [1.29, 1.82) is 0 Å². The summed E-state index contributed by atoms with van der Waals surface area (Å²) >= 11 is 0. The molecule has 0 aromatic heterocycles. The molecule has 4 heteroatoms. The van der Waals surface area contributed by atoms with Crippen molar-refractivity contribution in [3.63, 3.8) is 0 Å². The summed E-state index contributed by atoms with van der Waals surface area (Å²) in [5.41, 5.74) is 2.16. The Kier molecular flexibility index (Phi) is 3.27. The molecule has 1 aromatic rings. The zero-order valence-corrected chi connectivity index (χ0v) is 12.6. The van der Waals surface area contributed by atoms with Gasteiger partial charge in [0.15, 0.2) is 0 Å². The van der Waals surface area contributed by atoms with Crippen molar-refractivity contribution in [3.05, 3.63) is 29.3 Å². The predicted octanol–water partition coefficient (Wildman–Crippen LogP) is 3.10. The number of carboxylic acid groups (broad SMARTS) is 1. The minimum absolute atomic E-state index is 0.0459. The summed E-state index contributed by atoms with van der Waals surface area (Å²) in [5, 5.41) is 9.13. The fraction of sp³-hybridized carbons (Fsp3) is 0.529. The Morgan fingerprint density at radius 2 is 2.10 bits per heavy atom. The van der Waals surface area contributed by atoms with E-state index >= 15 is 0 Å². The van der Waals surface area contributed by atoms with E-state index in [2.05, 4.69) is 13.8 Å². The Morgan fingerprint density at radius 3 is 2.71 bits per heavy atom.